The van der Waals surface area contributed by atoms with Gasteiger partial charge in [0.15, 0.2) is 5.13 Å². The SMILES string of the molecule is COc1ccc2nc(NC(=O)CSc3cccc(NC(=O)Cc4ccc(Cl)cc4)c3)sc2c1. The van der Waals surface area contributed by atoms with Crippen molar-refractivity contribution < 1.29 is 14.3 Å². The fourth-order valence-electron chi connectivity index (χ4n) is 3.05. The van der Waals surface area contributed by atoms with Crippen molar-refractivity contribution in [1.29, 1.82) is 0 Å². The molecule has 0 aliphatic carbocycles. The molecule has 4 rings (SSSR count). The van der Waals surface area contributed by atoms with E-state index in [9.17, 15) is 9.59 Å². The van der Waals surface area contributed by atoms with Crippen molar-refractivity contribution in [3.8, 4) is 5.75 Å². The third-order valence-corrected chi connectivity index (χ3v) is 6.79. The normalized spacial score (nSPS) is 10.7. The number of anilines is 2. The molecule has 2 N–H and O–H groups in total. The molecule has 4 aromatic rings. The van der Waals surface area contributed by atoms with Crippen LogP contribution in [0.4, 0.5) is 10.8 Å². The van der Waals surface area contributed by atoms with Crippen molar-refractivity contribution in [2.24, 2.45) is 0 Å². The van der Waals surface area contributed by atoms with Gasteiger partial charge in [0.25, 0.3) is 0 Å². The van der Waals surface area contributed by atoms with Crippen molar-refractivity contribution in [3.05, 3.63) is 77.3 Å². The number of nitrogens with zero attached hydrogens (tertiary/aromatic N) is 1. The zero-order valence-electron chi connectivity index (χ0n) is 17.6. The predicted molar refractivity (Wildman–Crippen MR) is 136 cm³/mol. The number of aromatic nitrogens is 1. The number of halogens is 1. The average Bonchev–Trinajstić information content (AvgIpc) is 3.20. The van der Waals surface area contributed by atoms with Crippen LogP contribution in [0.3, 0.4) is 0 Å². The molecule has 1 heterocycles. The van der Waals surface area contributed by atoms with Gasteiger partial charge in [-0.1, -0.05) is 41.1 Å². The first-order chi connectivity index (χ1) is 16.0. The van der Waals surface area contributed by atoms with E-state index in [1.54, 1.807) is 19.2 Å². The lowest BCUT2D eigenvalue weighted by atomic mass is 10.1. The number of benzene rings is 3. The van der Waals surface area contributed by atoms with Gasteiger partial charge in [0, 0.05) is 15.6 Å². The molecule has 0 radical (unpaired) electrons. The monoisotopic (exact) mass is 497 g/mol. The number of amides is 2. The molecule has 0 saturated heterocycles. The fourth-order valence-corrected chi connectivity index (χ4v) is 4.84. The summed E-state index contributed by atoms with van der Waals surface area (Å²) in [6, 6.07) is 20.2. The Hall–Kier alpha value is -3.07. The van der Waals surface area contributed by atoms with E-state index >= 15 is 0 Å². The molecule has 0 aliphatic heterocycles. The summed E-state index contributed by atoms with van der Waals surface area (Å²) in [5.74, 6) is 0.703. The van der Waals surface area contributed by atoms with E-state index in [4.69, 9.17) is 16.3 Å². The van der Waals surface area contributed by atoms with E-state index < -0.39 is 0 Å². The van der Waals surface area contributed by atoms with Crippen LogP contribution in [0.5, 0.6) is 5.75 Å². The summed E-state index contributed by atoms with van der Waals surface area (Å²) in [7, 11) is 1.61. The molecular weight excluding hydrogens is 478 g/mol. The highest BCUT2D eigenvalue weighted by atomic mass is 35.5. The highest BCUT2D eigenvalue weighted by Gasteiger charge is 2.10. The van der Waals surface area contributed by atoms with Crippen LogP contribution >= 0.6 is 34.7 Å². The Morgan fingerprint density at radius 1 is 1.03 bits per heavy atom. The quantitative estimate of drug-likeness (QED) is 0.297. The molecule has 6 nitrogen and oxygen atoms in total. The molecule has 0 saturated carbocycles. The number of nitrogens with one attached hydrogen (secondary N) is 2. The Morgan fingerprint density at radius 3 is 2.64 bits per heavy atom. The lowest BCUT2D eigenvalue weighted by molar-refractivity contribution is -0.115. The molecule has 0 fully saturated rings. The lowest BCUT2D eigenvalue weighted by Gasteiger charge is -2.08. The maximum absolute atomic E-state index is 12.4. The molecule has 0 spiro atoms. The summed E-state index contributed by atoms with van der Waals surface area (Å²) < 4.78 is 6.17. The standard InChI is InChI=1S/C24H20ClN3O3S2/c1-31-18-9-10-20-21(13-18)33-24(27-20)28-23(30)14-32-19-4-2-3-17(12-19)26-22(29)11-15-5-7-16(25)8-6-15/h2-10,12-13H,11,14H2,1H3,(H,26,29)(H,27,28,30). The van der Waals surface area contributed by atoms with E-state index in [1.807, 2.05) is 54.6 Å². The Morgan fingerprint density at radius 2 is 1.85 bits per heavy atom. The minimum Gasteiger partial charge on any atom is -0.497 e. The Kier molecular flexibility index (Phi) is 7.49. The lowest BCUT2D eigenvalue weighted by Crippen LogP contribution is -2.14. The van der Waals surface area contributed by atoms with Crippen LogP contribution in [-0.2, 0) is 16.0 Å². The topological polar surface area (TPSA) is 80.3 Å². The van der Waals surface area contributed by atoms with Gasteiger partial charge < -0.3 is 15.4 Å². The van der Waals surface area contributed by atoms with Gasteiger partial charge in [-0.25, -0.2) is 4.98 Å². The minimum absolute atomic E-state index is 0.121. The zero-order valence-corrected chi connectivity index (χ0v) is 20.0. The van der Waals surface area contributed by atoms with E-state index in [2.05, 4.69) is 15.6 Å². The van der Waals surface area contributed by atoms with E-state index in [0.29, 0.717) is 15.8 Å². The summed E-state index contributed by atoms with van der Waals surface area (Å²) >= 11 is 8.67. The number of thiazole rings is 1. The second-order valence-electron chi connectivity index (χ2n) is 7.07. The van der Waals surface area contributed by atoms with Crippen LogP contribution in [0.15, 0.2) is 71.6 Å². The van der Waals surface area contributed by atoms with Crippen LogP contribution < -0.4 is 15.4 Å². The molecular formula is C24H20ClN3O3S2. The molecule has 1 aromatic heterocycles. The van der Waals surface area contributed by atoms with Gasteiger partial charge in [0.2, 0.25) is 11.8 Å². The van der Waals surface area contributed by atoms with Gasteiger partial charge in [-0.15, -0.1) is 11.8 Å². The second-order valence-corrected chi connectivity index (χ2v) is 9.58. The summed E-state index contributed by atoms with van der Waals surface area (Å²) in [6.07, 6.45) is 0.255. The van der Waals surface area contributed by atoms with E-state index in [0.717, 1.165) is 26.4 Å². The summed E-state index contributed by atoms with van der Waals surface area (Å²) in [5.41, 5.74) is 2.37. The van der Waals surface area contributed by atoms with Crippen LogP contribution in [-0.4, -0.2) is 29.7 Å². The van der Waals surface area contributed by atoms with Crippen molar-refractivity contribution in [3.63, 3.8) is 0 Å². The highest BCUT2D eigenvalue weighted by molar-refractivity contribution is 8.00. The first-order valence-corrected chi connectivity index (χ1v) is 12.2. The maximum Gasteiger partial charge on any atom is 0.236 e. The molecule has 2 amide bonds. The van der Waals surface area contributed by atoms with Gasteiger partial charge in [-0.3, -0.25) is 9.59 Å². The molecule has 168 valence electrons. The summed E-state index contributed by atoms with van der Waals surface area (Å²) in [4.78, 5) is 30.1. The van der Waals surface area contributed by atoms with Crippen molar-refractivity contribution in [1.82, 2.24) is 4.98 Å². The first-order valence-electron chi connectivity index (χ1n) is 10.00. The summed E-state index contributed by atoms with van der Waals surface area (Å²) in [5, 5.41) is 6.92. The van der Waals surface area contributed by atoms with Crippen molar-refractivity contribution >= 4 is 67.5 Å². The average molecular weight is 498 g/mol. The second kappa shape index (κ2) is 10.7. The first kappa shape index (κ1) is 23.1. The number of thioether (sulfide) groups is 1. The van der Waals surface area contributed by atoms with Crippen molar-refractivity contribution in [2.75, 3.05) is 23.5 Å². The van der Waals surface area contributed by atoms with Gasteiger partial charge in [-0.2, -0.15) is 0 Å². The van der Waals surface area contributed by atoms with Crippen molar-refractivity contribution in [2.45, 2.75) is 11.3 Å². The molecule has 0 unspecified atom stereocenters. The largest absolute Gasteiger partial charge is 0.497 e. The fraction of sp³-hybridized carbons (Fsp3) is 0.125. The number of methoxy groups -OCH3 is 1. The maximum atomic E-state index is 12.4. The van der Waals surface area contributed by atoms with Gasteiger partial charge in [0.1, 0.15) is 5.75 Å². The van der Waals surface area contributed by atoms with Crippen LogP contribution in [0.1, 0.15) is 5.56 Å². The predicted octanol–water partition coefficient (Wildman–Crippen LogP) is 5.87. The van der Waals surface area contributed by atoms with E-state index in [1.165, 1.54) is 23.1 Å². The number of rotatable bonds is 8. The molecule has 9 heteroatoms. The van der Waals surface area contributed by atoms with Gasteiger partial charge in [0.05, 0.1) is 29.5 Å². The van der Waals surface area contributed by atoms with E-state index in [-0.39, 0.29) is 24.0 Å². The summed E-state index contributed by atoms with van der Waals surface area (Å²) in [6.45, 7) is 0. The Labute approximate surface area is 204 Å². The minimum atomic E-state index is -0.150. The molecule has 0 bridgehead atoms. The third-order valence-electron chi connectivity index (χ3n) is 4.61. The molecule has 33 heavy (non-hydrogen) atoms. The van der Waals surface area contributed by atoms with Crippen LogP contribution in [0.2, 0.25) is 5.02 Å². The van der Waals surface area contributed by atoms with Gasteiger partial charge >= 0.3 is 0 Å². The number of hydrogen-bond donors (Lipinski definition) is 2. The smallest absolute Gasteiger partial charge is 0.236 e. The van der Waals surface area contributed by atoms with Crippen LogP contribution in [0.25, 0.3) is 10.2 Å². The molecule has 0 aliphatic rings. The Balaban J connectivity index is 1.30. The molecule has 3 aromatic carbocycles. The number of carbonyl (C=O) groups excluding carboxylic acids is 2. The molecule has 0 atom stereocenters. The number of carbonyl (C=O) groups is 2. The van der Waals surface area contributed by atoms with Gasteiger partial charge in [-0.05, 0) is 54.1 Å². The zero-order chi connectivity index (χ0) is 23.2. The third kappa shape index (κ3) is 6.47. The highest BCUT2D eigenvalue weighted by Crippen LogP contribution is 2.29. The van der Waals surface area contributed by atoms with Crippen LogP contribution in [0, 0.1) is 0 Å². The number of ether oxygens (including phenoxy) is 1. The number of fused-ring (bicyclic) bond motifs is 1. The Bertz CT molecular complexity index is 1290. The number of hydrogen-bond acceptors (Lipinski definition) is 6.